The zero-order chi connectivity index (χ0) is 15.4. The van der Waals surface area contributed by atoms with Crippen LogP contribution in [0.1, 0.15) is 0 Å². The number of hydrogen-bond donors (Lipinski definition) is 1. The second-order valence-electron chi connectivity index (χ2n) is 4.84. The van der Waals surface area contributed by atoms with Crippen LogP contribution in [-0.4, -0.2) is 27.0 Å². The van der Waals surface area contributed by atoms with E-state index in [0.29, 0.717) is 6.54 Å². The molecule has 0 spiro atoms. The molecule has 0 saturated carbocycles. The van der Waals surface area contributed by atoms with Crippen LogP contribution in [-0.2, 0) is 11.3 Å². The van der Waals surface area contributed by atoms with Gasteiger partial charge >= 0.3 is 0 Å². The van der Waals surface area contributed by atoms with Crippen molar-refractivity contribution < 1.29 is 4.79 Å². The maximum absolute atomic E-state index is 12.1. The first-order valence-corrected chi connectivity index (χ1v) is 7.03. The number of imidazole rings is 1. The molecule has 0 unspecified atom stereocenters. The third-order valence-corrected chi connectivity index (χ3v) is 3.34. The van der Waals surface area contributed by atoms with E-state index < -0.39 is 0 Å². The summed E-state index contributed by atoms with van der Waals surface area (Å²) < 4.78 is 1.92. The normalized spacial score (nSPS) is 10.5. The smallest absolute Gasteiger partial charge is 0.240 e. The Morgan fingerprint density at radius 1 is 1.23 bits per heavy atom. The molecule has 3 rings (SSSR count). The van der Waals surface area contributed by atoms with E-state index >= 15 is 0 Å². The molecule has 5 heteroatoms. The Kier molecular flexibility index (Phi) is 3.96. The molecule has 110 valence electrons. The molecule has 22 heavy (non-hydrogen) atoms. The Morgan fingerprint density at radius 2 is 2.00 bits per heavy atom. The highest BCUT2D eigenvalue weighted by Gasteiger charge is 2.14. The van der Waals surface area contributed by atoms with Gasteiger partial charge in [0.05, 0.1) is 11.0 Å². The molecule has 0 radical (unpaired) electrons. The Morgan fingerprint density at radius 3 is 2.77 bits per heavy atom. The summed E-state index contributed by atoms with van der Waals surface area (Å²) in [5.74, 6) is 0.690. The summed E-state index contributed by atoms with van der Waals surface area (Å²) in [5.41, 5.74) is 2.73. The maximum atomic E-state index is 12.1. The van der Waals surface area contributed by atoms with E-state index in [9.17, 15) is 4.79 Å². The third-order valence-electron chi connectivity index (χ3n) is 3.34. The molecular formula is C17H16N4O. The van der Waals surface area contributed by atoms with Crippen LogP contribution in [0.4, 0.5) is 0 Å². The number of carbonyl (C=O) groups is 1. The summed E-state index contributed by atoms with van der Waals surface area (Å²) in [4.78, 5) is 20.8. The van der Waals surface area contributed by atoms with Crippen molar-refractivity contribution in [2.75, 3.05) is 6.54 Å². The molecule has 1 N–H and O–H groups in total. The number of benzene rings is 1. The number of carbonyl (C=O) groups excluding carboxylic acids is 1. The highest BCUT2D eigenvalue weighted by Crippen LogP contribution is 2.24. The largest absolute Gasteiger partial charge is 0.351 e. The van der Waals surface area contributed by atoms with Crippen molar-refractivity contribution in [2.24, 2.45) is 0 Å². The molecule has 0 aliphatic rings. The number of nitrogens with zero attached hydrogens (tertiary/aromatic N) is 3. The molecule has 0 saturated heterocycles. The summed E-state index contributed by atoms with van der Waals surface area (Å²) in [6.45, 7) is 4.27. The van der Waals surface area contributed by atoms with Gasteiger partial charge in [0.15, 0.2) is 0 Å². The first kappa shape index (κ1) is 14.0. The van der Waals surface area contributed by atoms with Gasteiger partial charge in [0.25, 0.3) is 0 Å². The average Bonchev–Trinajstić information content (AvgIpc) is 2.92. The maximum Gasteiger partial charge on any atom is 0.240 e. The number of hydrogen-bond acceptors (Lipinski definition) is 3. The van der Waals surface area contributed by atoms with Gasteiger partial charge in [-0.25, -0.2) is 4.98 Å². The quantitative estimate of drug-likeness (QED) is 0.735. The summed E-state index contributed by atoms with van der Waals surface area (Å²) in [6, 6.07) is 11.6. The number of aromatic nitrogens is 3. The van der Waals surface area contributed by atoms with Gasteiger partial charge in [0.2, 0.25) is 5.91 Å². The van der Waals surface area contributed by atoms with Gasteiger partial charge in [0, 0.05) is 24.5 Å². The minimum Gasteiger partial charge on any atom is -0.351 e. The highest BCUT2D eigenvalue weighted by molar-refractivity contribution is 5.84. The lowest BCUT2D eigenvalue weighted by Gasteiger charge is -2.09. The van der Waals surface area contributed by atoms with E-state index in [4.69, 9.17) is 0 Å². The van der Waals surface area contributed by atoms with Crippen LogP contribution in [0.25, 0.3) is 22.4 Å². The third kappa shape index (κ3) is 2.74. The fraction of sp³-hybridized carbons (Fsp3) is 0.118. The number of amides is 1. The SMILES string of the molecule is C=CCNC(=O)Cn1c(-c2ccncc2)nc2ccccc21. The number of para-hydroxylation sites is 2. The Balaban J connectivity index is 2.05. The van der Waals surface area contributed by atoms with Crippen molar-refractivity contribution in [1.29, 1.82) is 0 Å². The number of rotatable bonds is 5. The first-order chi connectivity index (χ1) is 10.8. The number of fused-ring (bicyclic) bond motifs is 1. The lowest BCUT2D eigenvalue weighted by atomic mass is 10.2. The van der Waals surface area contributed by atoms with Crippen molar-refractivity contribution in [3.05, 3.63) is 61.4 Å². The zero-order valence-electron chi connectivity index (χ0n) is 12.1. The second kappa shape index (κ2) is 6.22. The molecule has 1 aromatic carbocycles. The molecule has 2 heterocycles. The van der Waals surface area contributed by atoms with E-state index in [1.165, 1.54) is 0 Å². The number of pyridine rings is 1. The van der Waals surface area contributed by atoms with Crippen LogP contribution in [0.15, 0.2) is 61.4 Å². The molecule has 0 aliphatic heterocycles. The van der Waals surface area contributed by atoms with Crippen LogP contribution >= 0.6 is 0 Å². The molecular weight excluding hydrogens is 276 g/mol. The van der Waals surface area contributed by atoms with Crippen LogP contribution in [0.2, 0.25) is 0 Å². The van der Waals surface area contributed by atoms with Gasteiger partial charge in [-0.2, -0.15) is 0 Å². The van der Waals surface area contributed by atoms with Gasteiger partial charge < -0.3 is 9.88 Å². The predicted octanol–water partition coefficient (Wildman–Crippen LogP) is 2.40. The molecule has 3 aromatic rings. The second-order valence-corrected chi connectivity index (χ2v) is 4.84. The monoisotopic (exact) mass is 292 g/mol. The topological polar surface area (TPSA) is 59.8 Å². The standard InChI is InChI=1S/C17H16N4O/c1-2-9-19-16(22)12-21-15-6-4-3-5-14(15)20-17(21)13-7-10-18-11-8-13/h2-8,10-11H,1,9,12H2,(H,19,22). The molecule has 1 amide bonds. The molecule has 0 atom stereocenters. The summed E-state index contributed by atoms with van der Waals surface area (Å²) in [6.07, 6.45) is 5.10. The predicted molar refractivity (Wildman–Crippen MR) is 86.2 cm³/mol. The Hall–Kier alpha value is -2.95. The lowest BCUT2D eigenvalue weighted by Crippen LogP contribution is -2.27. The molecule has 0 aliphatic carbocycles. The van der Waals surface area contributed by atoms with Crippen LogP contribution in [0.5, 0.6) is 0 Å². The molecule has 5 nitrogen and oxygen atoms in total. The van der Waals surface area contributed by atoms with E-state index in [1.807, 2.05) is 41.0 Å². The molecule has 2 aromatic heterocycles. The minimum atomic E-state index is -0.0710. The number of nitrogens with one attached hydrogen (secondary N) is 1. The Bertz CT molecular complexity index is 808. The van der Waals surface area contributed by atoms with Crippen LogP contribution in [0, 0.1) is 0 Å². The van der Waals surface area contributed by atoms with E-state index in [2.05, 4.69) is 21.9 Å². The van der Waals surface area contributed by atoms with Crippen molar-refractivity contribution in [2.45, 2.75) is 6.54 Å². The van der Waals surface area contributed by atoms with Gasteiger partial charge in [-0.05, 0) is 24.3 Å². The fourth-order valence-corrected chi connectivity index (χ4v) is 2.34. The van der Waals surface area contributed by atoms with Crippen LogP contribution < -0.4 is 5.32 Å². The first-order valence-electron chi connectivity index (χ1n) is 7.03. The van der Waals surface area contributed by atoms with Gasteiger partial charge in [0.1, 0.15) is 12.4 Å². The summed E-state index contributed by atoms with van der Waals surface area (Å²) in [5, 5.41) is 2.80. The van der Waals surface area contributed by atoms with E-state index in [-0.39, 0.29) is 12.5 Å². The van der Waals surface area contributed by atoms with Crippen molar-refractivity contribution in [3.8, 4) is 11.4 Å². The van der Waals surface area contributed by atoms with Crippen LogP contribution in [0.3, 0.4) is 0 Å². The highest BCUT2D eigenvalue weighted by atomic mass is 16.1. The van der Waals surface area contributed by atoms with Gasteiger partial charge in [-0.1, -0.05) is 18.2 Å². The lowest BCUT2D eigenvalue weighted by molar-refractivity contribution is -0.121. The fourth-order valence-electron chi connectivity index (χ4n) is 2.34. The summed E-state index contributed by atoms with van der Waals surface area (Å²) >= 11 is 0. The minimum absolute atomic E-state index is 0.0710. The van der Waals surface area contributed by atoms with Crippen molar-refractivity contribution in [1.82, 2.24) is 19.9 Å². The van der Waals surface area contributed by atoms with Gasteiger partial charge in [-0.15, -0.1) is 6.58 Å². The van der Waals surface area contributed by atoms with E-state index in [0.717, 1.165) is 22.4 Å². The van der Waals surface area contributed by atoms with Crippen molar-refractivity contribution >= 4 is 16.9 Å². The van der Waals surface area contributed by atoms with E-state index in [1.54, 1.807) is 18.5 Å². The van der Waals surface area contributed by atoms with Crippen molar-refractivity contribution in [3.63, 3.8) is 0 Å². The Labute approximate surface area is 128 Å². The average molecular weight is 292 g/mol. The van der Waals surface area contributed by atoms with Gasteiger partial charge in [-0.3, -0.25) is 9.78 Å². The summed E-state index contributed by atoms with van der Waals surface area (Å²) in [7, 11) is 0. The zero-order valence-corrected chi connectivity index (χ0v) is 12.1. The molecule has 0 fully saturated rings. The molecule has 0 bridgehead atoms.